The Morgan fingerprint density at radius 1 is 1.43 bits per heavy atom. The van der Waals surface area contributed by atoms with E-state index < -0.39 is 0 Å². The van der Waals surface area contributed by atoms with Gasteiger partial charge in [-0.2, -0.15) is 0 Å². The van der Waals surface area contributed by atoms with E-state index in [9.17, 15) is 9.59 Å². The number of imide groups is 1. The van der Waals surface area contributed by atoms with E-state index in [1.54, 1.807) is 0 Å². The van der Waals surface area contributed by atoms with Crippen molar-refractivity contribution in [2.45, 2.75) is 13.3 Å². The Morgan fingerprint density at radius 2 is 2.07 bits per heavy atom. The van der Waals surface area contributed by atoms with Crippen molar-refractivity contribution in [1.29, 1.82) is 0 Å². The van der Waals surface area contributed by atoms with Crippen LogP contribution in [0.2, 0.25) is 0 Å². The molecular formula is C9H9BrN2O2. The fourth-order valence-electron chi connectivity index (χ4n) is 1.64. The summed E-state index contributed by atoms with van der Waals surface area (Å²) in [7, 11) is 1.51. The average molecular weight is 257 g/mol. The molecular weight excluding hydrogens is 248 g/mol. The minimum atomic E-state index is -0.226. The van der Waals surface area contributed by atoms with Crippen molar-refractivity contribution in [3.05, 3.63) is 21.4 Å². The summed E-state index contributed by atoms with van der Waals surface area (Å²) in [5.74, 6) is -0.391. The van der Waals surface area contributed by atoms with Crippen LogP contribution in [0.15, 0.2) is 4.60 Å². The number of nitrogens with zero attached hydrogens (tertiary/aromatic N) is 1. The van der Waals surface area contributed by atoms with Gasteiger partial charge in [-0.15, -0.1) is 0 Å². The Bertz CT molecular complexity index is 436. The first-order chi connectivity index (χ1) is 6.52. The molecule has 74 valence electrons. The van der Waals surface area contributed by atoms with Gasteiger partial charge in [-0.1, -0.05) is 0 Å². The van der Waals surface area contributed by atoms with Crippen LogP contribution >= 0.6 is 15.9 Å². The predicted octanol–water partition coefficient (Wildman–Crippen LogP) is 1.24. The predicted molar refractivity (Wildman–Crippen MR) is 54.0 cm³/mol. The van der Waals surface area contributed by atoms with E-state index in [2.05, 4.69) is 20.9 Å². The second kappa shape index (κ2) is 2.95. The summed E-state index contributed by atoms with van der Waals surface area (Å²) in [6.07, 6.45) is 0.280. The van der Waals surface area contributed by atoms with Crippen molar-refractivity contribution in [2.75, 3.05) is 7.05 Å². The molecule has 5 heteroatoms. The molecule has 0 atom stereocenters. The van der Waals surface area contributed by atoms with Gasteiger partial charge in [-0.05, 0) is 22.9 Å². The number of aromatic amines is 1. The fraction of sp³-hybridized carbons (Fsp3) is 0.333. The zero-order valence-electron chi connectivity index (χ0n) is 7.85. The number of amides is 2. The molecule has 0 aliphatic carbocycles. The molecule has 0 fully saturated rings. The van der Waals surface area contributed by atoms with Gasteiger partial charge in [-0.25, -0.2) is 0 Å². The van der Waals surface area contributed by atoms with E-state index >= 15 is 0 Å². The molecule has 1 aromatic heterocycles. The molecule has 0 bridgehead atoms. The third kappa shape index (κ3) is 1.12. The number of hydrogen-bond donors (Lipinski definition) is 1. The molecule has 2 amide bonds. The quantitative estimate of drug-likeness (QED) is 0.711. The molecule has 1 aliphatic rings. The van der Waals surface area contributed by atoms with Crippen molar-refractivity contribution >= 4 is 27.7 Å². The van der Waals surface area contributed by atoms with Crippen LogP contribution in [0.4, 0.5) is 0 Å². The number of hydrogen-bond acceptors (Lipinski definition) is 2. The second-order valence-corrected chi connectivity index (χ2v) is 4.15. The van der Waals surface area contributed by atoms with Crippen molar-refractivity contribution in [2.24, 2.45) is 0 Å². The number of aryl methyl sites for hydroxylation is 1. The number of fused-ring (bicyclic) bond motifs is 1. The summed E-state index contributed by atoms with van der Waals surface area (Å²) < 4.78 is 0.736. The molecule has 0 radical (unpaired) electrons. The smallest absolute Gasteiger partial charge is 0.262 e. The van der Waals surface area contributed by atoms with Gasteiger partial charge in [0.05, 0.1) is 16.6 Å². The molecule has 0 unspecified atom stereocenters. The Morgan fingerprint density at radius 3 is 2.71 bits per heavy atom. The molecule has 1 N–H and O–H groups in total. The summed E-state index contributed by atoms with van der Waals surface area (Å²) >= 11 is 3.30. The second-order valence-electron chi connectivity index (χ2n) is 3.35. The maximum absolute atomic E-state index is 11.7. The first kappa shape index (κ1) is 9.45. The Labute approximate surface area is 89.4 Å². The van der Waals surface area contributed by atoms with E-state index in [1.165, 1.54) is 7.05 Å². The molecule has 0 saturated heterocycles. The molecule has 2 heterocycles. The first-order valence-electron chi connectivity index (χ1n) is 4.20. The van der Waals surface area contributed by atoms with Crippen LogP contribution in [0.1, 0.15) is 21.6 Å². The molecule has 2 rings (SSSR count). The van der Waals surface area contributed by atoms with Crippen molar-refractivity contribution in [1.82, 2.24) is 9.88 Å². The summed E-state index contributed by atoms with van der Waals surface area (Å²) in [6, 6.07) is 0. The lowest BCUT2D eigenvalue weighted by Gasteiger charge is -2.21. The molecule has 4 nitrogen and oxygen atoms in total. The standard InChI is InChI=1S/C9H9BrN2O2/c1-4-7-5(8(10)11-4)3-6(13)12(2)9(7)14/h11H,3H2,1-2H3. The average Bonchev–Trinajstić information content (AvgIpc) is 2.38. The maximum atomic E-state index is 11.7. The number of nitrogens with one attached hydrogen (secondary N) is 1. The molecule has 1 aromatic rings. The number of likely N-dealkylation sites (N-methyl/N-ethyl adjacent to an activating group) is 1. The molecule has 0 saturated carbocycles. The number of H-pyrrole nitrogens is 1. The maximum Gasteiger partial charge on any atom is 0.262 e. The summed E-state index contributed by atoms with van der Waals surface area (Å²) in [5.41, 5.74) is 2.20. The molecule has 14 heavy (non-hydrogen) atoms. The number of rotatable bonds is 0. The SMILES string of the molecule is Cc1[nH]c(Br)c2c1C(=O)N(C)C(=O)C2. The van der Waals surface area contributed by atoms with E-state index in [0.29, 0.717) is 5.56 Å². The Kier molecular flexibility index (Phi) is 1.99. The normalized spacial score (nSPS) is 16.1. The zero-order valence-corrected chi connectivity index (χ0v) is 9.43. The van der Waals surface area contributed by atoms with Gasteiger partial charge < -0.3 is 4.98 Å². The van der Waals surface area contributed by atoms with Crippen LogP contribution in [0, 0.1) is 6.92 Å². The Hall–Kier alpha value is -1.10. The highest BCUT2D eigenvalue weighted by molar-refractivity contribution is 9.10. The molecule has 1 aliphatic heterocycles. The van der Waals surface area contributed by atoms with Gasteiger partial charge in [0.15, 0.2) is 0 Å². The first-order valence-corrected chi connectivity index (χ1v) is 4.99. The van der Waals surface area contributed by atoms with E-state index in [1.807, 2.05) is 6.92 Å². The fourth-order valence-corrected chi connectivity index (χ4v) is 2.28. The summed E-state index contributed by atoms with van der Waals surface area (Å²) in [4.78, 5) is 27.3. The minimum Gasteiger partial charge on any atom is -0.352 e. The number of aromatic nitrogens is 1. The van der Waals surface area contributed by atoms with Gasteiger partial charge in [0.1, 0.15) is 0 Å². The van der Waals surface area contributed by atoms with Gasteiger partial charge in [-0.3, -0.25) is 14.5 Å². The monoisotopic (exact) mass is 256 g/mol. The lowest BCUT2D eigenvalue weighted by molar-refractivity contribution is -0.127. The number of carbonyl (C=O) groups is 2. The van der Waals surface area contributed by atoms with Gasteiger partial charge in [0.2, 0.25) is 5.91 Å². The summed E-state index contributed by atoms with van der Waals surface area (Å²) in [5, 5.41) is 0. The zero-order chi connectivity index (χ0) is 10.5. The van der Waals surface area contributed by atoms with Crippen molar-refractivity contribution < 1.29 is 9.59 Å². The minimum absolute atomic E-state index is 0.165. The van der Waals surface area contributed by atoms with Crippen LogP contribution in [-0.2, 0) is 11.2 Å². The van der Waals surface area contributed by atoms with E-state index in [-0.39, 0.29) is 18.2 Å². The third-order valence-corrected chi connectivity index (χ3v) is 3.14. The van der Waals surface area contributed by atoms with Crippen molar-refractivity contribution in [3.63, 3.8) is 0 Å². The van der Waals surface area contributed by atoms with Crippen LogP contribution in [0.3, 0.4) is 0 Å². The largest absolute Gasteiger partial charge is 0.352 e. The highest BCUT2D eigenvalue weighted by atomic mass is 79.9. The number of halogens is 1. The topological polar surface area (TPSA) is 53.2 Å². The lowest BCUT2D eigenvalue weighted by Crippen LogP contribution is -2.39. The third-order valence-electron chi connectivity index (χ3n) is 2.46. The van der Waals surface area contributed by atoms with Crippen molar-refractivity contribution in [3.8, 4) is 0 Å². The molecule has 0 aromatic carbocycles. The summed E-state index contributed by atoms with van der Waals surface area (Å²) in [6.45, 7) is 1.82. The van der Waals surface area contributed by atoms with Crippen LogP contribution < -0.4 is 0 Å². The highest BCUT2D eigenvalue weighted by Crippen LogP contribution is 2.28. The van der Waals surface area contributed by atoms with E-state index in [0.717, 1.165) is 20.8 Å². The van der Waals surface area contributed by atoms with Gasteiger partial charge in [0, 0.05) is 18.3 Å². The van der Waals surface area contributed by atoms with Crippen LogP contribution in [-0.4, -0.2) is 28.7 Å². The molecule has 0 spiro atoms. The van der Waals surface area contributed by atoms with Gasteiger partial charge >= 0.3 is 0 Å². The number of carbonyl (C=O) groups excluding carboxylic acids is 2. The van der Waals surface area contributed by atoms with Gasteiger partial charge in [0.25, 0.3) is 5.91 Å². The van der Waals surface area contributed by atoms with E-state index in [4.69, 9.17) is 0 Å². The van der Waals surface area contributed by atoms with Crippen LogP contribution in [0.25, 0.3) is 0 Å². The lowest BCUT2D eigenvalue weighted by atomic mass is 10.0. The van der Waals surface area contributed by atoms with Crippen LogP contribution in [0.5, 0.6) is 0 Å². The highest BCUT2D eigenvalue weighted by Gasteiger charge is 2.32. The Balaban J connectivity index is 2.64.